The van der Waals surface area contributed by atoms with Gasteiger partial charge in [0.05, 0.1) is 5.52 Å². The fourth-order valence-corrected chi connectivity index (χ4v) is 4.88. The Kier molecular flexibility index (Phi) is 6.40. The summed E-state index contributed by atoms with van der Waals surface area (Å²) in [5.74, 6) is -0.244. The number of fused-ring (bicyclic) bond motifs is 2. The highest BCUT2D eigenvalue weighted by Crippen LogP contribution is 2.28. The number of nitrogens with one attached hydrogen (secondary N) is 2. The maximum atomic E-state index is 12.8. The molecule has 0 radical (unpaired) electrons. The number of rotatable bonds is 4. The Balaban J connectivity index is 1.16. The highest BCUT2D eigenvalue weighted by Gasteiger charge is 2.27. The number of amides is 2. The predicted octanol–water partition coefficient (Wildman–Crippen LogP) is 6.62. The third-order valence-corrected chi connectivity index (χ3v) is 6.86. The van der Waals surface area contributed by atoms with E-state index in [0.29, 0.717) is 15.7 Å². The van der Waals surface area contributed by atoms with Gasteiger partial charge < -0.3 is 10.6 Å². The molecule has 4 aromatic rings. The number of nitrogens with zero attached hydrogens (tertiary/aromatic N) is 1. The fourth-order valence-electron chi connectivity index (χ4n) is 4.52. The molecular formula is C27H23Cl2N3O2. The molecule has 1 aliphatic carbocycles. The van der Waals surface area contributed by atoms with Crippen molar-refractivity contribution in [3.8, 4) is 0 Å². The van der Waals surface area contributed by atoms with E-state index in [1.807, 2.05) is 54.6 Å². The molecule has 2 amide bonds. The first-order valence-electron chi connectivity index (χ1n) is 11.3. The van der Waals surface area contributed by atoms with Gasteiger partial charge in [-0.25, -0.2) is 4.98 Å². The maximum absolute atomic E-state index is 12.8. The summed E-state index contributed by atoms with van der Waals surface area (Å²) in [5, 5.41) is 10.4. The van der Waals surface area contributed by atoms with Crippen molar-refractivity contribution in [3.05, 3.63) is 82.5 Å². The number of halogens is 2. The van der Waals surface area contributed by atoms with Gasteiger partial charge in [-0.3, -0.25) is 9.59 Å². The Morgan fingerprint density at radius 1 is 0.765 bits per heavy atom. The van der Waals surface area contributed by atoms with E-state index in [1.165, 1.54) is 0 Å². The van der Waals surface area contributed by atoms with Crippen molar-refractivity contribution in [2.75, 3.05) is 5.32 Å². The second kappa shape index (κ2) is 9.61. The van der Waals surface area contributed by atoms with Crippen LogP contribution in [0.15, 0.2) is 66.7 Å². The number of carbonyl (C=O) groups excluding carboxylic acids is 2. The molecule has 7 heteroatoms. The lowest BCUT2D eigenvalue weighted by atomic mass is 9.85. The van der Waals surface area contributed by atoms with Gasteiger partial charge in [0.25, 0.3) is 5.91 Å². The van der Waals surface area contributed by atoms with Gasteiger partial charge in [0.15, 0.2) is 0 Å². The van der Waals surface area contributed by atoms with Crippen LogP contribution in [-0.2, 0) is 4.79 Å². The molecule has 5 nitrogen and oxygen atoms in total. The molecule has 0 saturated heterocycles. The number of pyridine rings is 1. The van der Waals surface area contributed by atoms with E-state index in [-0.39, 0.29) is 23.8 Å². The molecule has 3 aromatic carbocycles. The zero-order valence-corrected chi connectivity index (χ0v) is 19.9. The van der Waals surface area contributed by atoms with Crippen LogP contribution < -0.4 is 10.6 Å². The Bertz CT molecular complexity index is 1400. The van der Waals surface area contributed by atoms with Crippen molar-refractivity contribution < 1.29 is 9.59 Å². The van der Waals surface area contributed by atoms with E-state index in [0.717, 1.165) is 53.0 Å². The van der Waals surface area contributed by atoms with E-state index in [1.54, 1.807) is 12.1 Å². The van der Waals surface area contributed by atoms with Crippen LogP contribution in [0.3, 0.4) is 0 Å². The number of aromatic nitrogens is 1. The van der Waals surface area contributed by atoms with E-state index in [4.69, 9.17) is 23.2 Å². The van der Waals surface area contributed by atoms with Crippen LogP contribution in [0.25, 0.3) is 21.7 Å². The SMILES string of the molecule is O=C(NC1CCC(C(=O)Nc2ccc3cc(Cl)ccc3c2)CC1)c1ccc2cc(Cl)ccc2n1. The third kappa shape index (κ3) is 5.01. The van der Waals surface area contributed by atoms with Crippen molar-refractivity contribution in [3.63, 3.8) is 0 Å². The zero-order chi connectivity index (χ0) is 23.7. The average molecular weight is 492 g/mol. The summed E-state index contributed by atoms with van der Waals surface area (Å²) in [7, 11) is 0. The van der Waals surface area contributed by atoms with Crippen molar-refractivity contribution in [1.82, 2.24) is 10.3 Å². The standard InChI is InChI=1S/C27H23Cl2N3O2/c28-20-6-1-18-15-23(10-4-17(18)13-20)31-26(33)16-2-8-22(9-3-16)30-27(34)25-11-5-19-14-21(29)7-12-24(19)32-25/h1,4-7,10-16,22H,2-3,8-9H2,(H,30,34)(H,31,33). The average Bonchev–Trinajstić information content (AvgIpc) is 2.84. The van der Waals surface area contributed by atoms with E-state index in [2.05, 4.69) is 15.6 Å². The summed E-state index contributed by atoms with van der Waals surface area (Å²) in [6.45, 7) is 0. The normalized spacial score (nSPS) is 18.1. The number of hydrogen-bond donors (Lipinski definition) is 2. The molecule has 0 atom stereocenters. The third-order valence-electron chi connectivity index (χ3n) is 6.39. The first kappa shape index (κ1) is 22.6. The Morgan fingerprint density at radius 2 is 1.41 bits per heavy atom. The van der Waals surface area contributed by atoms with Crippen LogP contribution in [0.5, 0.6) is 0 Å². The van der Waals surface area contributed by atoms with Crippen molar-refractivity contribution in [2.24, 2.45) is 5.92 Å². The molecule has 34 heavy (non-hydrogen) atoms. The molecule has 1 aromatic heterocycles. The van der Waals surface area contributed by atoms with Crippen LogP contribution >= 0.6 is 23.2 Å². The molecule has 0 bridgehead atoms. The van der Waals surface area contributed by atoms with Crippen LogP contribution in [0, 0.1) is 5.92 Å². The molecule has 1 fully saturated rings. The van der Waals surface area contributed by atoms with E-state index < -0.39 is 0 Å². The quantitative estimate of drug-likeness (QED) is 0.336. The molecule has 5 rings (SSSR count). The smallest absolute Gasteiger partial charge is 0.270 e. The molecule has 0 aliphatic heterocycles. The van der Waals surface area contributed by atoms with Crippen LogP contribution in [-0.4, -0.2) is 22.8 Å². The van der Waals surface area contributed by atoms with Gasteiger partial charge in [-0.15, -0.1) is 0 Å². The first-order chi connectivity index (χ1) is 16.4. The van der Waals surface area contributed by atoms with Crippen LogP contribution in [0.1, 0.15) is 36.2 Å². The molecule has 1 saturated carbocycles. The number of carbonyl (C=O) groups is 2. The van der Waals surface area contributed by atoms with Crippen LogP contribution in [0.2, 0.25) is 10.0 Å². The van der Waals surface area contributed by atoms with Gasteiger partial charge in [0.1, 0.15) is 5.69 Å². The van der Waals surface area contributed by atoms with Gasteiger partial charge in [-0.2, -0.15) is 0 Å². The monoisotopic (exact) mass is 491 g/mol. The zero-order valence-electron chi connectivity index (χ0n) is 18.4. The second-order valence-corrected chi connectivity index (χ2v) is 9.62. The van der Waals surface area contributed by atoms with Gasteiger partial charge in [-0.1, -0.05) is 41.4 Å². The lowest BCUT2D eigenvalue weighted by Gasteiger charge is -2.28. The highest BCUT2D eigenvalue weighted by molar-refractivity contribution is 6.31. The molecule has 1 aliphatic rings. The second-order valence-electron chi connectivity index (χ2n) is 8.75. The molecule has 1 heterocycles. The first-order valence-corrected chi connectivity index (χ1v) is 12.1. The molecule has 2 N–H and O–H groups in total. The van der Waals surface area contributed by atoms with Gasteiger partial charge in [0.2, 0.25) is 5.91 Å². The molecular weight excluding hydrogens is 469 g/mol. The Hall–Kier alpha value is -3.15. The minimum Gasteiger partial charge on any atom is -0.348 e. The summed E-state index contributed by atoms with van der Waals surface area (Å²) in [6.07, 6.45) is 2.96. The van der Waals surface area contributed by atoms with Gasteiger partial charge in [0, 0.05) is 33.1 Å². The lowest BCUT2D eigenvalue weighted by molar-refractivity contribution is -0.120. The molecule has 0 unspecified atom stereocenters. The van der Waals surface area contributed by atoms with Crippen molar-refractivity contribution in [2.45, 2.75) is 31.7 Å². The lowest BCUT2D eigenvalue weighted by Crippen LogP contribution is -2.39. The Labute approximate surface area is 207 Å². The summed E-state index contributed by atoms with van der Waals surface area (Å²) in [5.41, 5.74) is 1.89. The minimum absolute atomic E-state index is 0.0212. The van der Waals surface area contributed by atoms with E-state index >= 15 is 0 Å². The largest absolute Gasteiger partial charge is 0.348 e. The summed E-state index contributed by atoms with van der Waals surface area (Å²) in [6, 6.07) is 20.5. The number of hydrogen-bond acceptors (Lipinski definition) is 3. The number of benzene rings is 3. The van der Waals surface area contributed by atoms with Crippen molar-refractivity contribution in [1.29, 1.82) is 0 Å². The predicted molar refractivity (Wildman–Crippen MR) is 138 cm³/mol. The van der Waals surface area contributed by atoms with Gasteiger partial charge >= 0.3 is 0 Å². The van der Waals surface area contributed by atoms with Crippen molar-refractivity contribution >= 4 is 62.4 Å². The number of anilines is 1. The molecule has 0 spiro atoms. The fraction of sp³-hybridized carbons (Fsp3) is 0.222. The van der Waals surface area contributed by atoms with E-state index in [9.17, 15) is 9.59 Å². The van der Waals surface area contributed by atoms with Gasteiger partial charge in [-0.05, 0) is 85.0 Å². The summed E-state index contributed by atoms with van der Waals surface area (Å²) >= 11 is 12.1. The molecule has 172 valence electrons. The summed E-state index contributed by atoms with van der Waals surface area (Å²) < 4.78 is 0. The van der Waals surface area contributed by atoms with Crippen LogP contribution in [0.4, 0.5) is 5.69 Å². The Morgan fingerprint density at radius 3 is 2.21 bits per heavy atom. The topological polar surface area (TPSA) is 71.1 Å². The maximum Gasteiger partial charge on any atom is 0.270 e. The summed E-state index contributed by atoms with van der Waals surface area (Å²) in [4.78, 5) is 30.0. The highest BCUT2D eigenvalue weighted by atomic mass is 35.5. The minimum atomic E-state index is -0.194.